The van der Waals surface area contributed by atoms with Gasteiger partial charge in [-0.1, -0.05) is 19.6 Å². The second-order valence-electron chi connectivity index (χ2n) is 4.30. The first-order chi connectivity index (χ1) is 7.04. The van der Waals surface area contributed by atoms with E-state index in [4.69, 9.17) is 0 Å². The maximum absolute atomic E-state index is 4.21. The molecular weight excluding hydrogens is 204 g/mol. The molecule has 0 atom stereocenters. The zero-order chi connectivity index (χ0) is 10.9. The van der Waals surface area contributed by atoms with Gasteiger partial charge < -0.3 is 0 Å². The van der Waals surface area contributed by atoms with Gasteiger partial charge in [-0.05, 0) is 12.0 Å². The van der Waals surface area contributed by atoms with Crippen LogP contribution in [-0.4, -0.2) is 27.7 Å². The predicted molar refractivity (Wildman–Crippen MR) is 61.0 cm³/mol. The van der Waals surface area contributed by atoms with Crippen molar-refractivity contribution in [2.75, 3.05) is 0 Å². The Hall–Kier alpha value is -1.67. The van der Waals surface area contributed by atoms with E-state index in [1.165, 1.54) is 0 Å². The van der Waals surface area contributed by atoms with E-state index in [1.54, 1.807) is 10.7 Å². The van der Waals surface area contributed by atoms with Crippen LogP contribution in [0.15, 0.2) is 18.5 Å². The zero-order valence-electron chi connectivity index (χ0n) is 9.02. The second-order valence-corrected chi connectivity index (χ2v) is 9.05. The van der Waals surface area contributed by atoms with Crippen molar-refractivity contribution >= 4 is 13.9 Å². The average Bonchev–Trinajstić information content (AvgIpc) is 2.56. The van der Waals surface area contributed by atoms with E-state index in [0.29, 0.717) is 11.6 Å². The van der Waals surface area contributed by atoms with Crippen molar-refractivity contribution in [3.63, 3.8) is 0 Å². The van der Waals surface area contributed by atoms with Gasteiger partial charge in [0, 0.05) is 12.4 Å². The summed E-state index contributed by atoms with van der Waals surface area (Å²) in [5.74, 6) is 4.15. The topological polar surface area (TPSA) is 43.1 Å². The quantitative estimate of drug-likeness (QED) is 0.493. The molecule has 0 amide bonds. The van der Waals surface area contributed by atoms with Gasteiger partial charge in [0.1, 0.15) is 8.07 Å². The van der Waals surface area contributed by atoms with Gasteiger partial charge in [-0.3, -0.25) is 0 Å². The van der Waals surface area contributed by atoms with Gasteiger partial charge >= 0.3 is 0 Å². The SMILES string of the molecule is C[Si](C)(C)C#Cc1nc2ncccn2n1. The lowest BCUT2D eigenvalue weighted by molar-refractivity contribution is 0.932. The Labute approximate surface area is 89.4 Å². The Morgan fingerprint density at radius 3 is 2.80 bits per heavy atom. The highest BCUT2D eigenvalue weighted by Crippen LogP contribution is 1.99. The highest BCUT2D eigenvalue weighted by atomic mass is 28.3. The van der Waals surface area contributed by atoms with E-state index in [-0.39, 0.29) is 0 Å². The first kappa shape index (κ1) is 9.87. The number of hydrogen-bond acceptors (Lipinski definition) is 3. The molecular formula is C10H12N4Si. The van der Waals surface area contributed by atoms with E-state index in [0.717, 1.165) is 0 Å². The second kappa shape index (κ2) is 3.48. The van der Waals surface area contributed by atoms with E-state index >= 15 is 0 Å². The van der Waals surface area contributed by atoms with Crippen molar-refractivity contribution in [3.8, 4) is 11.5 Å². The Morgan fingerprint density at radius 1 is 1.33 bits per heavy atom. The number of nitrogens with zero attached hydrogens (tertiary/aromatic N) is 4. The molecule has 0 N–H and O–H groups in total. The third-order valence-electron chi connectivity index (χ3n) is 1.67. The highest BCUT2D eigenvalue weighted by Gasteiger charge is 2.08. The largest absolute Gasteiger partial charge is 0.253 e. The predicted octanol–water partition coefficient (Wildman–Crippen LogP) is 1.35. The van der Waals surface area contributed by atoms with Crippen LogP contribution in [0.5, 0.6) is 0 Å². The average molecular weight is 216 g/mol. The summed E-state index contributed by atoms with van der Waals surface area (Å²) in [7, 11) is -1.36. The summed E-state index contributed by atoms with van der Waals surface area (Å²) < 4.78 is 1.63. The van der Waals surface area contributed by atoms with E-state index < -0.39 is 8.07 Å². The summed E-state index contributed by atoms with van der Waals surface area (Å²) in [5.41, 5.74) is 3.22. The number of rotatable bonds is 0. The summed E-state index contributed by atoms with van der Waals surface area (Å²) in [5, 5.41) is 4.21. The summed E-state index contributed by atoms with van der Waals surface area (Å²) >= 11 is 0. The molecule has 0 aliphatic carbocycles. The van der Waals surface area contributed by atoms with Gasteiger partial charge in [-0.2, -0.15) is 4.98 Å². The number of hydrogen-bond donors (Lipinski definition) is 0. The molecule has 0 radical (unpaired) electrons. The van der Waals surface area contributed by atoms with Gasteiger partial charge in [0.25, 0.3) is 5.78 Å². The van der Waals surface area contributed by atoms with Crippen molar-refractivity contribution < 1.29 is 0 Å². The molecule has 2 aromatic rings. The first-order valence-corrected chi connectivity index (χ1v) is 8.25. The zero-order valence-corrected chi connectivity index (χ0v) is 10.0. The highest BCUT2D eigenvalue weighted by molar-refractivity contribution is 6.83. The van der Waals surface area contributed by atoms with Crippen LogP contribution in [-0.2, 0) is 0 Å². The van der Waals surface area contributed by atoms with Crippen LogP contribution < -0.4 is 0 Å². The van der Waals surface area contributed by atoms with Gasteiger partial charge in [0.2, 0.25) is 5.82 Å². The maximum atomic E-state index is 4.21. The molecule has 0 spiro atoms. The molecule has 2 heterocycles. The standard InChI is InChI=1S/C10H12N4Si/c1-15(2,3)8-5-9-12-10-11-6-4-7-14(10)13-9/h4,6-7H,1-3H3. The van der Waals surface area contributed by atoms with E-state index in [1.807, 2.05) is 12.3 Å². The molecule has 5 heteroatoms. The van der Waals surface area contributed by atoms with Crippen LogP contribution in [0.25, 0.3) is 5.78 Å². The Kier molecular flexibility index (Phi) is 2.29. The van der Waals surface area contributed by atoms with Crippen molar-refractivity contribution in [1.29, 1.82) is 0 Å². The summed E-state index contributed by atoms with van der Waals surface area (Å²) in [6, 6.07) is 1.82. The fourth-order valence-electron chi connectivity index (χ4n) is 1.03. The molecule has 0 aliphatic rings. The maximum Gasteiger partial charge on any atom is 0.253 e. The molecule has 0 bridgehead atoms. The van der Waals surface area contributed by atoms with E-state index in [2.05, 4.69) is 46.2 Å². The molecule has 0 saturated heterocycles. The van der Waals surface area contributed by atoms with E-state index in [9.17, 15) is 0 Å². The molecule has 15 heavy (non-hydrogen) atoms. The van der Waals surface area contributed by atoms with Crippen molar-refractivity contribution in [1.82, 2.24) is 19.6 Å². The van der Waals surface area contributed by atoms with Gasteiger partial charge in [0.15, 0.2) is 0 Å². The third kappa shape index (κ3) is 2.42. The normalized spacial score (nSPS) is 11.1. The molecule has 0 aliphatic heterocycles. The molecule has 0 fully saturated rings. The third-order valence-corrected chi connectivity index (χ3v) is 2.54. The summed E-state index contributed by atoms with van der Waals surface area (Å²) in [6.45, 7) is 6.57. The van der Waals surface area contributed by atoms with Crippen LogP contribution in [0, 0.1) is 11.5 Å². The minimum Gasteiger partial charge on any atom is -0.220 e. The lowest BCUT2D eigenvalue weighted by Crippen LogP contribution is -2.16. The molecule has 4 nitrogen and oxygen atoms in total. The lowest BCUT2D eigenvalue weighted by Gasteiger charge is -2.01. The summed E-state index contributed by atoms with van der Waals surface area (Å²) in [4.78, 5) is 8.28. The van der Waals surface area contributed by atoms with Gasteiger partial charge in [0.05, 0.1) is 0 Å². The minimum absolute atomic E-state index is 0.552. The summed E-state index contributed by atoms with van der Waals surface area (Å²) in [6.07, 6.45) is 3.51. The van der Waals surface area contributed by atoms with Crippen LogP contribution >= 0.6 is 0 Å². The smallest absolute Gasteiger partial charge is 0.220 e. The monoisotopic (exact) mass is 216 g/mol. The Morgan fingerprint density at radius 2 is 2.13 bits per heavy atom. The van der Waals surface area contributed by atoms with Crippen LogP contribution in [0.3, 0.4) is 0 Å². The first-order valence-electron chi connectivity index (χ1n) is 4.75. The fourth-order valence-corrected chi connectivity index (χ4v) is 1.52. The minimum atomic E-state index is -1.36. The molecule has 0 unspecified atom stereocenters. The van der Waals surface area contributed by atoms with Crippen LogP contribution in [0.2, 0.25) is 19.6 Å². The van der Waals surface area contributed by atoms with Crippen molar-refractivity contribution in [2.24, 2.45) is 0 Å². The Bertz CT molecular complexity index is 509. The molecule has 76 valence electrons. The molecule has 2 rings (SSSR count). The molecule has 0 saturated carbocycles. The van der Waals surface area contributed by atoms with Gasteiger partial charge in [-0.15, -0.1) is 10.6 Å². The number of fused-ring (bicyclic) bond motifs is 1. The van der Waals surface area contributed by atoms with Crippen LogP contribution in [0.4, 0.5) is 0 Å². The van der Waals surface area contributed by atoms with Crippen LogP contribution in [0.1, 0.15) is 5.82 Å². The van der Waals surface area contributed by atoms with Crippen molar-refractivity contribution in [2.45, 2.75) is 19.6 Å². The fraction of sp³-hybridized carbons (Fsp3) is 0.300. The molecule has 2 aromatic heterocycles. The number of aromatic nitrogens is 4. The lowest BCUT2D eigenvalue weighted by atomic mass is 10.7. The van der Waals surface area contributed by atoms with Gasteiger partial charge in [-0.25, -0.2) is 9.50 Å². The Balaban J connectivity index is 2.41. The van der Waals surface area contributed by atoms with Crippen molar-refractivity contribution in [3.05, 3.63) is 24.3 Å². The molecule has 0 aromatic carbocycles.